The van der Waals surface area contributed by atoms with Crippen molar-refractivity contribution < 1.29 is 9.90 Å². The zero-order valence-electron chi connectivity index (χ0n) is 8.62. The van der Waals surface area contributed by atoms with Crippen LogP contribution in [0.5, 0.6) is 0 Å². The van der Waals surface area contributed by atoms with E-state index < -0.39 is 5.97 Å². The molecule has 3 nitrogen and oxygen atoms in total. The van der Waals surface area contributed by atoms with E-state index in [4.69, 9.17) is 10.8 Å². The van der Waals surface area contributed by atoms with Crippen LogP contribution in [0.3, 0.4) is 0 Å². The molecule has 0 spiro atoms. The Morgan fingerprint density at radius 3 is 2.54 bits per heavy atom. The summed E-state index contributed by atoms with van der Waals surface area (Å²) in [5, 5.41) is 8.60. The summed E-state index contributed by atoms with van der Waals surface area (Å²) in [5.74, 6) is 0.0103. The van der Waals surface area contributed by atoms with Gasteiger partial charge in [0.15, 0.2) is 0 Å². The topological polar surface area (TPSA) is 63.3 Å². The molecule has 0 aromatic heterocycles. The first-order valence-corrected chi connectivity index (χ1v) is 5.02. The van der Waals surface area contributed by atoms with Crippen LogP contribution in [-0.4, -0.2) is 17.6 Å². The Hall–Kier alpha value is -0.570. The van der Waals surface area contributed by atoms with Crippen molar-refractivity contribution in [3.05, 3.63) is 0 Å². The van der Waals surface area contributed by atoms with Crippen LogP contribution in [0.15, 0.2) is 0 Å². The Morgan fingerprint density at radius 2 is 2.15 bits per heavy atom. The average molecular weight is 187 g/mol. The van der Waals surface area contributed by atoms with E-state index in [9.17, 15) is 4.79 Å². The lowest BCUT2D eigenvalue weighted by Crippen LogP contribution is -2.20. The van der Waals surface area contributed by atoms with Crippen LogP contribution in [0.25, 0.3) is 0 Å². The van der Waals surface area contributed by atoms with E-state index in [-0.39, 0.29) is 12.3 Å². The molecule has 0 aliphatic rings. The molecule has 0 aromatic carbocycles. The standard InChI is InChI=1S/C10H21NO2/c1-3-4-8(2)5-9(7-11)6-10(12)13/h8-9H,3-7,11H2,1-2H3,(H,12,13)/t8-,9?/m1/s1. The molecule has 3 N–H and O–H groups in total. The molecule has 2 atom stereocenters. The van der Waals surface area contributed by atoms with E-state index in [1.165, 1.54) is 0 Å². The Morgan fingerprint density at radius 1 is 1.54 bits per heavy atom. The Bertz CT molecular complexity index is 148. The highest BCUT2D eigenvalue weighted by molar-refractivity contribution is 5.67. The molecule has 0 radical (unpaired) electrons. The lowest BCUT2D eigenvalue weighted by atomic mass is 9.90. The van der Waals surface area contributed by atoms with Crippen molar-refractivity contribution in [2.75, 3.05) is 6.54 Å². The third-order valence-electron chi connectivity index (χ3n) is 2.31. The van der Waals surface area contributed by atoms with Crippen LogP contribution >= 0.6 is 0 Å². The van der Waals surface area contributed by atoms with Gasteiger partial charge in [0.05, 0.1) is 0 Å². The van der Waals surface area contributed by atoms with Crippen molar-refractivity contribution in [3.8, 4) is 0 Å². The number of aliphatic carboxylic acids is 1. The SMILES string of the molecule is CCC[C@@H](C)CC(CN)CC(=O)O. The van der Waals surface area contributed by atoms with Crippen molar-refractivity contribution in [2.24, 2.45) is 17.6 Å². The van der Waals surface area contributed by atoms with Gasteiger partial charge < -0.3 is 10.8 Å². The van der Waals surface area contributed by atoms with E-state index in [1.807, 2.05) is 0 Å². The minimum absolute atomic E-state index is 0.152. The zero-order valence-corrected chi connectivity index (χ0v) is 8.62. The molecule has 0 fully saturated rings. The van der Waals surface area contributed by atoms with Gasteiger partial charge >= 0.3 is 5.97 Å². The summed E-state index contributed by atoms with van der Waals surface area (Å²) in [7, 11) is 0. The number of carboxylic acids is 1. The number of rotatable bonds is 7. The van der Waals surface area contributed by atoms with E-state index in [0.29, 0.717) is 12.5 Å². The van der Waals surface area contributed by atoms with E-state index in [1.54, 1.807) is 0 Å². The van der Waals surface area contributed by atoms with Crippen molar-refractivity contribution in [1.29, 1.82) is 0 Å². The lowest BCUT2D eigenvalue weighted by molar-refractivity contribution is -0.138. The Labute approximate surface area is 80.3 Å². The van der Waals surface area contributed by atoms with Gasteiger partial charge in [0.25, 0.3) is 0 Å². The highest BCUT2D eigenvalue weighted by atomic mass is 16.4. The number of hydrogen-bond acceptors (Lipinski definition) is 2. The van der Waals surface area contributed by atoms with Crippen molar-refractivity contribution in [1.82, 2.24) is 0 Å². The Balaban J connectivity index is 3.75. The predicted molar refractivity (Wildman–Crippen MR) is 53.5 cm³/mol. The van der Waals surface area contributed by atoms with Gasteiger partial charge in [0, 0.05) is 6.42 Å². The second-order valence-electron chi connectivity index (χ2n) is 3.83. The van der Waals surface area contributed by atoms with Gasteiger partial charge in [-0.25, -0.2) is 0 Å². The first-order valence-electron chi connectivity index (χ1n) is 5.02. The van der Waals surface area contributed by atoms with Gasteiger partial charge in [0.1, 0.15) is 0 Å². The number of carbonyl (C=O) groups is 1. The van der Waals surface area contributed by atoms with Gasteiger partial charge in [0.2, 0.25) is 0 Å². The van der Waals surface area contributed by atoms with E-state index in [0.717, 1.165) is 19.3 Å². The summed E-state index contributed by atoms with van der Waals surface area (Å²) >= 11 is 0. The fraction of sp³-hybridized carbons (Fsp3) is 0.900. The fourth-order valence-electron chi connectivity index (χ4n) is 1.69. The van der Waals surface area contributed by atoms with Gasteiger partial charge in [-0.1, -0.05) is 26.7 Å². The number of nitrogens with two attached hydrogens (primary N) is 1. The normalized spacial score (nSPS) is 15.3. The minimum atomic E-state index is -0.737. The molecule has 13 heavy (non-hydrogen) atoms. The molecule has 0 bridgehead atoms. The third kappa shape index (κ3) is 6.58. The molecular weight excluding hydrogens is 166 g/mol. The molecule has 3 heteroatoms. The first kappa shape index (κ1) is 12.4. The van der Waals surface area contributed by atoms with Crippen LogP contribution in [0.4, 0.5) is 0 Å². The molecule has 0 amide bonds. The summed E-state index contributed by atoms with van der Waals surface area (Å²) in [5.41, 5.74) is 5.50. The maximum Gasteiger partial charge on any atom is 0.303 e. The average Bonchev–Trinajstić information content (AvgIpc) is 2.02. The molecule has 1 unspecified atom stereocenters. The van der Waals surface area contributed by atoms with Crippen molar-refractivity contribution in [3.63, 3.8) is 0 Å². The monoisotopic (exact) mass is 187 g/mol. The van der Waals surface area contributed by atoms with Gasteiger partial charge in [-0.15, -0.1) is 0 Å². The summed E-state index contributed by atoms with van der Waals surface area (Å²) in [6.45, 7) is 4.79. The summed E-state index contributed by atoms with van der Waals surface area (Å²) in [4.78, 5) is 10.5. The highest BCUT2D eigenvalue weighted by Gasteiger charge is 2.14. The second kappa shape index (κ2) is 6.89. The predicted octanol–water partition coefficient (Wildman–Crippen LogP) is 1.86. The van der Waals surface area contributed by atoms with Crippen molar-refractivity contribution in [2.45, 2.75) is 39.5 Å². The fourth-order valence-corrected chi connectivity index (χ4v) is 1.69. The lowest BCUT2D eigenvalue weighted by Gasteiger charge is -2.17. The molecule has 0 saturated heterocycles. The molecule has 0 saturated carbocycles. The molecule has 0 aliphatic carbocycles. The van der Waals surface area contributed by atoms with Crippen LogP contribution < -0.4 is 5.73 Å². The second-order valence-corrected chi connectivity index (χ2v) is 3.83. The van der Waals surface area contributed by atoms with Crippen LogP contribution in [-0.2, 0) is 4.79 Å². The summed E-state index contributed by atoms with van der Waals surface area (Å²) < 4.78 is 0. The molecule has 0 rings (SSSR count). The molecule has 0 heterocycles. The maximum atomic E-state index is 10.5. The molecular formula is C10H21NO2. The van der Waals surface area contributed by atoms with Crippen LogP contribution in [0.1, 0.15) is 39.5 Å². The van der Waals surface area contributed by atoms with Crippen LogP contribution in [0.2, 0.25) is 0 Å². The van der Waals surface area contributed by atoms with E-state index >= 15 is 0 Å². The zero-order chi connectivity index (χ0) is 10.3. The van der Waals surface area contributed by atoms with Crippen molar-refractivity contribution >= 4 is 5.97 Å². The maximum absolute atomic E-state index is 10.5. The molecule has 78 valence electrons. The largest absolute Gasteiger partial charge is 0.481 e. The van der Waals surface area contributed by atoms with E-state index in [2.05, 4.69) is 13.8 Å². The number of hydrogen-bond donors (Lipinski definition) is 2. The minimum Gasteiger partial charge on any atom is -0.481 e. The molecule has 0 aliphatic heterocycles. The first-order chi connectivity index (χ1) is 6.10. The van der Waals surface area contributed by atoms with Gasteiger partial charge in [-0.2, -0.15) is 0 Å². The summed E-state index contributed by atoms with van der Waals surface area (Å²) in [6, 6.07) is 0. The highest BCUT2D eigenvalue weighted by Crippen LogP contribution is 2.18. The van der Waals surface area contributed by atoms with Crippen LogP contribution in [0, 0.1) is 11.8 Å². The molecule has 0 aromatic rings. The summed E-state index contributed by atoms with van der Waals surface area (Å²) in [6.07, 6.45) is 3.48. The Kier molecular flexibility index (Phi) is 6.59. The third-order valence-corrected chi connectivity index (χ3v) is 2.31. The van der Waals surface area contributed by atoms with Gasteiger partial charge in [-0.3, -0.25) is 4.79 Å². The van der Waals surface area contributed by atoms with Gasteiger partial charge in [-0.05, 0) is 24.8 Å². The smallest absolute Gasteiger partial charge is 0.303 e. The number of carboxylic acid groups (broad SMARTS) is 1. The quantitative estimate of drug-likeness (QED) is 0.639.